The minimum absolute atomic E-state index is 0.0292. The Kier molecular flexibility index (Phi) is 9.57. The van der Waals surface area contributed by atoms with E-state index in [2.05, 4.69) is 0 Å². The summed E-state index contributed by atoms with van der Waals surface area (Å²) in [5.41, 5.74) is 0.134. The molecule has 0 spiro atoms. The Labute approximate surface area is 226 Å². The second-order valence-corrected chi connectivity index (χ2v) is 9.84. The molecule has 0 aromatic heterocycles. The molecule has 204 valence electrons. The van der Waals surface area contributed by atoms with E-state index in [1.807, 2.05) is 0 Å². The van der Waals surface area contributed by atoms with Crippen molar-refractivity contribution in [2.24, 2.45) is 0 Å². The van der Waals surface area contributed by atoms with Gasteiger partial charge in [0.05, 0.1) is 4.91 Å². The van der Waals surface area contributed by atoms with Gasteiger partial charge in [-0.2, -0.15) is 0 Å². The van der Waals surface area contributed by atoms with E-state index < -0.39 is 72.9 Å². The zero-order valence-electron chi connectivity index (χ0n) is 20.7. The largest absolute Gasteiger partial charge is 0.463 e. The third kappa shape index (κ3) is 6.94. The van der Waals surface area contributed by atoms with Crippen LogP contribution in [0.3, 0.4) is 0 Å². The molecule has 1 aromatic rings. The molecular formula is C24H24FNO10S2. The summed E-state index contributed by atoms with van der Waals surface area (Å²) in [4.78, 5) is 61.9. The second kappa shape index (κ2) is 12.5. The maximum Gasteiger partial charge on any atom is 0.303 e. The number of nitrogens with zero attached hydrogens (tertiary/aromatic N) is 1. The van der Waals surface area contributed by atoms with Crippen LogP contribution < -0.4 is 0 Å². The molecule has 3 rings (SSSR count). The van der Waals surface area contributed by atoms with Crippen molar-refractivity contribution in [1.82, 2.24) is 4.90 Å². The van der Waals surface area contributed by atoms with Crippen LogP contribution in [0.5, 0.6) is 0 Å². The number of esters is 4. The quantitative estimate of drug-likeness (QED) is 0.206. The molecule has 2 aliphatic heterocycles. The van der Waals surface area contributed by atoms with Crippen molar-refractivity contribution < 1.29 is 52.0 Å². The number of thioether (sulfide) groups is 1. The Bertz CT molecular complexity index is 1190. The number of halogens is 1. The van der Waals surface area contributed by atoms with Crippen LogP contribution in [-0.2, 0) is 47.7 Å². The topological polar surface area (TPSA) is 135 Å². The van der Waals surface area contributed by atoms with Gasteiger partial charge < -0.3 is 23.7 Å². The fourth-order valence-electron chi connectivity index (χ4n) is 3.85. The van der Waals surface area contributed by atoms with Gasteiger partial charge in [-0.15, -0.1) is 0 Å². The number of ether oxygens (including phenoxy) is 5. The van der Waals surface area contributed by atoms with E-state index in [0.29, 0.717) is 0 Å². The Morgan fingerprint density at radius 3 is 2.13 bits per heavy atom. The molecule has 11 nitrogen and oxygen atoms in total. The number of rotatable bonds is 7. The molecule has 0 aliphatic carbocycles. The number of carbonyl (C=O) groups is 5. The van der Waals surface area contributed by atoms with Crippen LogP contribution in [-0.4, -0.2) is 76.3 Å². The van der Waals surface area contributed by atoms with E-state index in [1.54, 1.807) is 6.07 Å². The monoisotopic (exact) mass is 569 g/mol. The molecule has 14 heteroatoms. The van der Waals surface area contributed by atoms with Crippen LogP contribution in [0, 0.1) is 5.82 Å². The van der Waals surface area contributed by atoms with Crippen LogP contribution >= 0.6 is 24.0 Å². The lowest BCUT2D eigenvalue weighted by atomic mass is 9.96. The highest BCUT2D eigenvalue weighted by molar-refractivity contribution is 8.26. The smallest absolute Gasteiger partial charge is 0.303 e. The summed E-state index contributed by atoms with van der Waals surface area (Å²) in [7, 11) is 0. The lowest BCUT2D eigenvalue weighted by Gasteiger charge is -2.46. The normalized spacial score (nSPS) is 26.2. The average molecular weight is 570 g/mol. The first-order valence-corrected chi connectivity index (χ1v) is 12.4. The highest BCUT2D eigenvalue weighted by Gasteiger charge is 2.56. The number of thiocarbonyl (C=S) groups is 1. The predicted octanol–water partition coefficient (Wildman–Crippen LogP) is 2.11. The van der Waals surface area contributed by atoms with Gasteiger partial charge in [-0.05, 0) is 12.1 Å². The van der Waals surface area contributed by atoms with Crippen LogP contribution in [0.25, 0.3) is 6.08 Å². The molecule has 0 bridgehead atoms. The minimum Gasteiger partial charge on any atom is -0.463 e. The molecule has 2 fully saturated rings. The summed E-state index contributed by atoms with van der Waals surface area (Å²) in [6.07, 6.45) is -5.81. The van der Waals surface area contributed by atoms with Crippen LogP contribution in [0.2, 0.25) is 0 Å². The average Bonchev–Trinajstić information content (AvgIpc) is 3.08. The fourth-order valence-corrected chi connectivity index (χ4v) is 5.15. The van der Waals surface area contributed by atoms with Gasteiger partial charge in [-0.1, -0.05) is 42.2 Å². The van der Waals surface area contributed by atoms with Gasteiger partial charge in [0.2, 0.25) is 0 Å². The van der Waals surface area contributed by atoms with Crippen molar-refractivity contribution in [3.8, 4) is 0 Å². The third-order valence-electron chi connectivity index (χ3n) is 5.24. The SMILES string of the molecule is CC(=O)OC[C@H]1O[C@@H](N2C(=O)/C(=C\c3ccccc3F)SC2=S)[C@H](OC(C)=O)[C@@H](OC(C)=O)[C@@H]1OC(C)=O. The first kappa shape index (κ1) is 29.2. The third-order valence-corrected chi connectivity index (χ3v) is 6.57. The molecule has 0 unspecified atom stereocenters. The molecule has 0 saturated carbocycles. The van der Waals surface area contributed by atoms with E-state index >= 15 is 0 Å². The van der Waals surface area contributed by atoms with Crippen molar-refractivity contribution in [1.29, 1.82) is 0 Å². The second-order valence-electron chi connectivity index (χ2n) is 8.16. The molecule has 2 heterocycles. The van der Waals surface area contributed by atoms with Gasteiger partial charge in [-0.3, -0.25) is 28.9 Å². The van der Waals surface area contributed by atoms with Gasteiger partial charge in [0.15, 0.2) is 28.9 Å². The Morgan fingerprint density at radius 2 is 1.55 bits per heavy atom. The van der Waals surface area contributed by atoms with Crippen molar-refractivity contribution in [2.45, 2.75) is 58.3 Å². The number of benzene rings is 1. The van der Waals surface area contributed by atoms with Crippen molar-refractivity contribution in [3.63, 3.8) is 0 Å². The standard InChI is InChI=1S/C24H24FNO10S2/c1-11(27)32-10-17-19(33-12(2)28)20(34-13(3)29)21(35-14(4)30)23(36-17)26-22(31)18(38-24(26)37)9-15-7-5-6-8-16(15)25/h5-9,17,19-21,23H,10H2,1-4H3/b18-9+/t17-,19-,20+,21-,23-/m1/s1. The molecule has 5 atom stereocenters. The lowest BCUT2D eigenvalue weighted by Crippen LogP contribution is -2.66. The summed E-state index contributed by atoms with van der Waals surface area (Å²) < 4.78 is 41.3. The summed E-state index contributed by atoms with van der Waals surface area (Å²) in [6.45, 7) is 3.93. The fraction of sp³-hybridized carbons (Fsp3) is 0.417. The number of amides is 1. The summed E-state index contributed by atoms with van der Waals surface area (Å²) in [5, 5.41) is 0. The van der Waals surface area contributed by atoms with Gasteiger partial charge in [0, 0.05) is 33.3 Å². The van der Waals surface area contributed by atoms with Crippen LogP contribution in [0.15, 0.2) is 29.2 Å². The Hall–Kier alpha value is -3.36. The lowest BCUT2D eigenvalue weighted by molar-refractivity contribution is -0.268. The highest BCUT2D eigenvalue weighted by atomic mass is 32.2. The summed E-state index contributed by atoms with van der Waals surface area (Å²) >= 11 is 6.25. The Morgan fingerprint density at radius 1 is 0.974 bits per heavy atom. The molecule has 1 amide bonds. The van der Waals surface area contributed by atoms with Gasteiger partial charge in [0.25, 0.3) is 5.91 Å². The number of hydrogen-bond donors (Lipinski definition) is 0. The van der Waals surface area contributed by atoms with Gasteiger partial charge in [-0.25, -0.2) is 4.39 Å². The van der Waals surface area contributed by atoms with Crippen molar-refractivity contribution in [3.05, 3.63) is 40.6 Å². The summed E-state index contributed by atoms with van der Waals surface area (Å²) in [6, 6.07) is 5.78. The highest BCUT2D eigenvalue weighted by Crippen LogP contribution is 2.39. The first-order chi connectivity index (χ1) is 17.9. The van der Waals surface area contributed by atoms with Crippen LogP contribution in [0.1, 0.15) is 33.3 Å². The molecule has 0 radical (unpaired) electrons. The maximum atomic E-state index is 14.2. The molecule has 2 saturated heterocycles. The summed E-state index contributed by atoms with van der Waals surface area (Å²) in [5.74, 6) is -4.39. The van der Waals surface area contributed by atoms with E-state index in [0.717, 1.165) is 44.4 Å². The maximum absolute atomic E-state index is 14.2. The van der Waals surface area contributed by atoms with E-state index in [1.165, 1.54) is 24.3 Å². The molecule has 38 heavy (non-hydrogen) atoms. The van der Waals surface area contributed by atoms with Gasteiger partial charge >= 0.3 is 23.9 Å². The van der Waals surface area contributed by atoms with Crippen molar-refractivity contribution in [2.75, 3.05) is 6.61 Å². The number of carbonyl (C=O) groups excluding carboxylic acids is 5. The zero-order chi connectivity index (χ0) is 28.1. The minimum atomic E-state index is -1.51. The molecule has 0 N–H and O–H groups in total. The first-order valence-electron chi connectivity index (χ1n) is 11.2. The van der Waals surface area contributed by atoms with Gasteiger partial charge in [0.1, 0.15) is 18.5 Å². The zero-order valence-corrected chi connectivity index (χ0v) is 22.3. The van der Waals surface area contributed by atoms with Crippen molar-refractivity contribution >= 4 is 64.2 Å². The molecule has 1 aromatic carbocycles. The van der Waals surface area contributed by atoms with Crippen LogP contribution in [0.4, 0.5) is 4.39 Å². The molecule has 2 aliphatic rings. The van der Waals surface area contributed by atoms with E-state index in [-0.39, 0.29) is 14.8 Å². The predicted molar refractivity (Wildman–Crippen MR) is 133 cm³/mol. The number of hydrogen-bond acceptors (Lipinski definition) is 12. The van der Waals surface area contributed by atoms with E-state index in [9.17, 15) is 28.4 Å². The molecular weight excluding hydrogens is 545 g/mol. The van der Waals surface area contributed by atoms with E-state index in [4.69, 9.17) is 35.9 Å². The Balaban J connectivity index is 2.06.